The monoisotopic (exact) mass is 265 g/mol. The molecule has 1 heterocycles. The van der Waals surface area contributed by atoms with Crippen LogP contribution in [-0.2, 0) is 13.0 Å². The Morgan fingerprint density at radius 3 is 2.55 bits per heavy atom. The lowest BCUT2D eigenvalue weighted by atomic mass is 10.1. The van der Waals surface area contributed by atoms with E-state index < -0.39 is 0 Å². The van der Waals surface area contributed by atoms with Gasteiger partial charge in [0.15, 0.2) is 0 Å². The van der Waals surface area contributed by atoms with Gasteiger partial charge < -0.3 is 9.67 Å². The van der Waals surface area contributed by atoms with Gasteiger partial charge in [0.25, 0.3) is 0 Å². The summed E-state index contributed by atoms with van der Waals surface area (Å²) in [6.07, 6.45) is 2.54. The van der Waals surface area contributed by atoms with Crippen LogP contribution in [0.4, 0.5) is 0 Å². The van der Waals surface area contributed by atoms with Crippen molar-refractivity contribution in [3.63, 3.8) is 0 Å². The van der Waals surface area contributed by atoms with Crippen LogP contribution >= 0.6 is 0 Å². The SMILES string of the molecule is CC(O)Cc1ccc2c(ccn2Cc2ccccc2)c1. The first kappa shape index (κ1) is 12.9. The summed E-state index contributed by atoms with van der Waals surface area (Å²) in [5.74, 6) is 0. The molecular weight excluding hydrogens is 246 g/mol. The number of hydrogen-bond donors (Lipinski definition) is 1. The van der Waals surface area contributed by atoms with Crippen molar-refractivity contribution in [3.05, 3.63) is 71.9 Å². The molecule has 2 heteroatoms. The predicted molar refractivity (Wildman–Crippen MR) is 82.9 cm³/mol. The highest BCUT2D eigenvalue weighted by atomic mass is 16.3. The second-order valence-electron chi connectivity index (χ2n) is 5.38. The Hall–Kier alpha value is -2.06. The van der Waals surface area contributed by atoms with Crippen LogP contribution in [-0.4, -0.2) is 15.8 Å². The molecule has 102 valence electrons. The molecule has 1 atom stereocenters. The van der Waals surface area contributed by atoms with Gasteiger partial charge in [0.1, 0.15) is 0 Å². The molecule has 1 N–H and O–H groups in total. The third kappa shape index (κ3) is 2.75. The van der Waals surface area contributed by atoms with E-state index in [1.165, 1.54) is 22.0 Å². The van der Waals surface area contributed by atoms with Gasteiger partial charge in [-0.15, -0.1) is 0 Å². The summed E-state index contributed by atoms with van der Waals surface area (Å²) in [6, 6.07) is 19.0. The topological polar surface area (TPSA) is 25.2 Å². The van der Waals surface area contributed by atoms with Crippen molar-refractivity contribution < 1.29 is 5.11 Å². The van der Waals surface area contributed by atoms with Crippen molar-refractivity contribution in [1.82, 2.24) is 4.57 Å². The molecule has 0 saturated heterocycles. The van der Waals surface area contributed by atoms with E-state index in [1.807, 2.05) is 13.0 Å². The average Bonchev–Trinajstić information content (AvgIpc) is 2.82. The molecule has 3 aromatic rings. The molecule has 3 rings (SSSR count). The number of fused-ring (bicyclic) bond motifs is 1. The standard InChI is InChI=1S/C18H19NO/c1-14(20)11-16-7-8-18-17(12-16)9-10-19(18)13-15-5-3-2-4-6-15/h2-10,12,14,20H,11,13H2,1H3. The Labute approximate surface area is 119 Å². The van der Waals surface area contributed by atoms with Gasteiger partial charge in [0.2, 0.25) is 0 Å². The van der Waals surface area contributed by atoms with Gasteiger partial charge in [-0.05, 0) is 48.1 Å². The number of aromatic nitrogens is 1. The maximum Gasteiger partial charge on any atom is 0.0552 e. The molecule has 1 aromatic heterocycles. The molecule has 1 unspecified atom stereocenters. The van der Waals surface area contributed by atoms with Gasteiger partial charge in [-0.1, -0.05) is 36.4 Å². The molecule has 20 heavy (non-hydrogen) atoms. The molecular formula is C18H19NO. The van der Waals surface area contributed by atoms with Crippen LogP contribution in [0.2, 0.25) is 0 Å². The zero-order valence-corrected chi connectivity index (χ0v) is 11.7. The molecule has 2 aromatic carbocycles. The zero-order chi connectivity index (χ0) is 13.9. The van der Waals surface area contributed by atoms with Crippen LogP contribution in [0, 0.1) is 0 Å². The van der Waals surface area contributed by atoms with Crippen molar-refractivity contribution >= 4 is 10.9 Å². The third-order valence-corrected chi connectivity index (χ3v) is 3.56. The molecule has 0 aliphatic carbocycles. The average molecular weight is 265 g/mol. The minimum absolute atomic E-state index is 0.293. The zero-order valence-electron chi connectivity index (χ0n) is 11.7. The van der Waals surface area contributed by atoms with Gasteiger partial charge in [-0.3, -0.25) is 0 Å². The Kier molecular flexibility index (Phi) is 3.57. The summed E-state index contributed by atoms with van der Waals surface area (Å²) in [7, 11) is 0. The fourth-order valence-corrected chi connectivity index (χ4v) is 2.64. The van der Waals surface area contributed by atoms with Crippen LogP contribution in [0.25, 0.3) is 10.9 Å². The highest BCUT2D eigenvalue weighted by Crippen LogP contribution is 2.20. The van der Waals surface area contributed by atoms with Crippen LogP contribution < -0.4 is 0 Å². The Bertz CT molecular complexity index is 698. The van der Waals surface area contributed by atoms with Crippen LogP contribution in [0.5, 0.6) is 0 Å². The fraction of sp³-hybridized carbons (Fsp3) is 0.222. The van der Waals surface area contributed by atoms with E-state index in [0.29, 0.717) is 6.42 Å². The molecule has 0 amide bonds. The summed E-state index contributed by atoms with van der Waals surface area (Å²) < 4.78 is 2.26. The van der Waals surface area contributed by atoms with Crippen molar-refractivity contribution in [2.75, 3.05) is 0 Å². The highest BCUT2D eigenvalue weighted by molar-refractivity contribution is 5.81. The largest absolute Gasteiger partial charge is 0.393 e. The Morgan fingerprint density at radius 1 is 1.00 bits per heavy atom. The van der Waals surface area contributed by atoms with Crippen molar-refractivity contribution in [2.45, 2.75) is 26.0 Å². The van der Waals surface area contributed by atoms with Crippen molar-refractivity contribution in [3.8, 4) is 0 Å². The summed E-state index contributed by atoms with van der Waals surface area (Å²) >= 11 is 0. The summed E-state index contributed by atoms with van der Waals surface area (Å²) in [5.41, 5.74) is 3.73. The molecule has 2 nitrogen and oxygen atoms in total. The van der Waals surface area contributed by atoms with E-state index in [1.54, 1.807) is 0 Å². The lowest BCUT2D eigenvalue weighted by Crippen LogP contribution is -2.04. The van der Waals surface area contributed by atoms with Crippen molar-refractivity contribution in [1.29, 1.82) is 0 Å². The summed E-state index contributed by atoms with van der Waals surface area (Å²) in [4.78, 5) is 0. The van der Waals surface area contributed by atoms with Gasteiger partial charge in [-0.2, -0.15) is 0 Å². The van der Waals surface area contributed by atoms with E-state index in [2.05, 4.69) is 59.3 Å². The number of aliphatic hydroxyl groups excluding tert-OH is 1. The van der Waals surface area contributed by atoms with Gasteiger partial charge >= 0.3 is 0 Å². The van der Waals surface area contributed by atoms with E-state index in [9.17, 15) is 5.11 Å². The van der Waals surface area contributed by atoms with Gasteiger partial charge in [0, 0.05) is 18.3 Å². The van der Waals surface area contributed by atoms with Crippen LogP contribution in [0.15, 0.2) is 60.8 Å². The van der Waals surface area contributed by atoms with E-state index in [0.717, 1.165) is 6.54 Å². The smallest absolute Gasteiger partial charge is 0.0552 e. The van der Waals surface area contributed by atoms with Crippen molar-refractivity contribution in [2.24, 2.45) is 0 Å². The molecule has 0 aliphatic rings. The molecule has 0 bridgehead atoms. The molecule has 0 fully saturated rings. The first-order chi connectivity index (χ1) is 9.72. The lowest BCUT2D eigenvalue weighted by molar-refractivity contribution is 0.195. The normalized spacial score (nSPS) is 12.7. The maximum atomic E-state index is 9.47. The minimum Gasteiger partial charge on any atom is -0.393 e. The van der Waals surface area contributed by atoms with E-state index in [4.69, 9.17) is 0 Å². The number of hydrogen-bond acceptors (Lipinski definition) is 1. The van der Waals surface area contributed by atoms with Gasteiger partial charge in [0.05, 0.1) is 6.10 Å². The molecule has 0 saturated carbocycles. The lowest BCUT2D eigenvalue weighted by Gasteiger charge is -2.07. The Morgan fingerprint density at radius 2 is 1.80 bits per heavy atom. The fourth-order valence-electron chi connectivity index (χ4n) is 2.64. The first-order valence-corrected chi connectivity index (χ1v) is 7.02. The summed E-state index contributed by atoms with van der Waals surface area (Å²) in [5, 5.41) is 10.7. The number of benzene rings is 2. The Balaban J connectivity index is 1.90. The third-order valence-electron chi connectivity index (χ3n) is 3.56. The second kappa shape index (κ2) is 5.51. The second-order valence-corrected chi connectivity index (χ2v) is 5.38. The molecule has 0 aliphatic heterocycles. The first-order valence-electron chi connectivity index (χ1n) is 7.02. The maximum absolute atomic E-state index is 9.47. The van der Waals surface area contributed by atoms with Gasteiger partial charge in [-0.25, -0.2) is 0 Å². The molecule has 0 spiro atoms. The molecule has 0 radical (unpaired) electrons. The van der Waals surface area contributed by atoms with Crippen LogP contribution in [0.1, 0.15) is 18.1 Å². The van der Waals surface area contributed by atoms with Crippen LogP contribution in [0.3, 0.4) is 0 Å². The van der Waals surface area contributed by atoms with E-state index >= 15 is 0 Å². The quantitative estimate of drug-likeness (QED) is 0.766. The number of rotatable bonds is 4. The predicted octanol–water partition coefficient (Wildman–Crippen LogP) is 3.61. The summed E-state index contributed by atoms with van der Waals surface area (Å²) in [6.45, 7) is 2.71. The minimum atomic E-state index is -0.293. The number of nitrogens with zero attached hydrogens (tertiary/aromatic N) is 1. The highest BCUT2D eigenvalue weighted by Gasteiger charge is 2.04. The van der Waals surface area contributed by atoms with E-state index in [-0.39, 0.29) is 6.10 Å². The number of aliphatic hydroxyl groups is 1.